The van der Waals surface area contributed by atoms with Crippen molar-refractivity contribution in [3.63, 3.8) is 0 Å². The number of aromatic nitrogens is 4. The van der Waals surface area contributed by atoms with Gasteiger partial charge in [0.05, 0.1) is 12.9 Å². The Morgan fingerprint density at radius 2 is 1.92 bits per heavy atom. The summed E-state index contributed by atoms with van der Waals surface area (Å²) >= 11 is 0. The van der Waals surface area contributed by atoms with Crippen LogP contribution in [-0.2, 0) is 14.2 Å². The lowest BCUT2D eigenvalue weighted by atomic mass is 10.1. The summed E-state index contributed by atoms with van der Waals surface area (Å²) in [5.41, 5.74) is 12.3. The quantitative estimate of drug-likeness (QED) is 0.605. The number of anilines is 2. The van der Waals surface area contributed by atoms with Crippen molar-refractivity contribution in [2.45, 2.75) is 51.2 Å². The number of aliphatic hydroxyl groups excluding tert-OH is 1. The normalized spacial score (nSPS) is 29.5. The van der Waals surface area contributed by atoms with Gasteiger partial charge in [-0.05, 0) is 12.8 Å². The van der Waals surface area contributed by atoms with E-state index < -0.39 is 37.3 Å². The maximum Gasteiger partial charge on any atom is 0.224 e. The zero-order valence-electron chi connectivity index (χ0n) is 16.8. The molecule has 1 aliphatic rings. The van der Waals surface area contributed by atoms with Crippen LogP contribution < -0.4 is 11.5 Å². The second-order valence-electron chi connectivity index (χ2n) is 5.95. The first-order valence-electron chi connectivity index (χ1n) is 9.56. The molecular formula is C16H26N6O4. The highest BCUT2D eigenvalue weighted by molar-refractivity contribution is 5.82. The Bertz CT molecular complexity index is 805. The van der Waals surface area contributed by atoms with Crippen LogP contribution in [0.2, 0.25) is 0 Å². The van der Waals surface area contributed by atoms with Gasteiger partial charge in [0.25, 0.3) is 0 Å². The third-order valence-electron chi connectivity index (χ3n) is 4.12. The van der Waals surface area contributed by atoms with Gasteiger partial charge in [-0.1, -0.05) is 13.8 Å². The second-order valence-corrected chi connectivity index (χ2v) is 5.95. The first-order valence-corrected chi connectivity index (χ1v) is 8.41. The van der Waals surface area contributed by atoms with Crippen molar-refractivity contribution < 1.29 is 22.1 Å². The Labute approximate surface area is 154 Å². The van der Waals surface area contributed by atoms with Gasteiger partial charge in [0, 0.05) is 16.0 Å². The number of fused-ring (bicyclic) bond motifs is 1. The molecule has 26 heavy (non-hydrogen) atoms. The molecule has 3 heterocycles. The fourth-order valence-electron chi connectivity index (χ4n) is 3.01. The summed E-state index contributed by atoms with van der Waals surface area (Å²) in [5.74, 6) is 0.141. The molecule has 3 unspecified atom stereocenters. The monoisotopic (exact) mass is 368 g/mol. The standard InChI is InChI=1S/C16H26N6O4/c1-3-5-24-11-9(7-23)26-15(12(11)25-6-4-2)22-8-19-10-13(17)20-16(18)21-14(10)22/h8-9,11-12,15,23H,3-7H2,1-2H3,(H4,17,18,20,21)/t9-,11-,12-,15?/m1/s1/i3D,4D/t3?,4?,9-,11-,12-,15?. The summed E-state index contributed by atoms with van der Waals surface area (Å²) in [6, 6.07) is 0. The van der Waals surface area contributed by atoms with Crippen LogP contribution in [0.15, 0.2) is 6.33 Å². The van der Waals surface area contributed by atoms with Gasteiger partial charge in [0.2, 0.25) is 5.95 Å². The number of aliphatic hydroxyl groups is 1. The molecule has 2 aromatic heterocycles. The molecule has 10 heteroatoms. The fraction of sp³-hybridized carbons (Fsp3) is 0.688. The van der Waals surface area contributed by atoms with Gasteiger partial charge in [-0.25, -0.2) is 4.98 Å². The minimum absolute atomic E-state index is 0.00321. The molecule has 1 aliphatic heterocycles. The summed E-state index contributed by atoms with van der Waals surface area (Å²) in [6.45, 7) is 3.41. The molecule has 3 rings (SSSR count). The van der Waals surface area contributed by atoms with E-state index in [-0.39, 0.29) is 31.6 Å². The molecule has 1 saturated heterocycles. The highest BCUT2D eigenvalue weighted by Gasteiger charge is 2.47. The van der Waals surface area contributed by atoms with Crippen LogP contribution in [0, 0.1) is 0 Å². The maximum atomic E-state index is 9.78. The van der Waals surface area contributed by atoms with Crippen molar-refractivity contribution in [3.05, 3.63) is 6.33 Å². The molecule has 0 spiro atoms. The van der Waals surface area contributed by atoms with Crippen molar-refractivity contribution in [2.75, 3.05) is 31.3 Å². The number of nitrogen functional groups attached to an aromatic ring is 2. The van der Waals surface area contributed by atoms with Crippen LogP contribution in [0.4, 0.5) is 11.8 Å². The molecule has 6 atom stereocenters. The first-order chi connectivity index (χ1) is 13.3. The molecule has 0 aliphatic carbocycles. The van der Waals surface area contributed by atoms with E-state index in [4.69, 9.17) is 28.4 Å². The minimum Gasteiger partial charge on any atom is -0.394 e. The van der Waals surface area contributed by atoms with Crippen molar-refractivity contribution in [1.29, 1.82) is 0 Å². The lowest BCUT2D eigenvalue weighted by Gasteiger charge is -2.24. The number of nitrogens with zero attached hydrogens (tertiary/aromatic N) is 4. The summed E-state index contributed by atoms with van der Waals surface area (Å²) in [6.07, 6.45) is -2.11. The van der Waals surface area contributed by atoms with E-state index in [1.807, 2.05) is 0 Å². The first kappa shape index (κ1) is 16.2. The average molecular weight is 368 g/mol. The Hall–Kier alpha value is -2.01. The highest BCUT2D eigenvalue weighted by Crippen LogP contribution is 2.36. The lowest BCUT2D eigenvalue weighted by Crippen LogP contribution is -2.38. The third kappa shape index (κ3) is 3.45. The molecule has 0 radical (unpaired) electrons. The molecule has 10 nitrogen and oxygen atoms in total. The third-order valence-corrected chi connectivity index (χ3v) is 4.12. The SMILES string of the molecule is [2H]C(C)CO[C@@H]1[C@@H](CO)OC(n2cnc3c(N)nc(N)nc32)[C@@H]1OCC([2H])C. The van der Waals surface area contributed by atoms with Gasteiger partial charge in [-0.2, -0.15) is 9.97 Å². The van der Waals surface area contributed by atoms with Gasteiger partial charge in [-0.3, -0.25) is 4.57 Å². The minimum atomic E-state index is -0.736. The van der Waals surface area contributed by atoms with E-state index in [0.717, 1.165) is 0 Å². The van der Waals surface area contributed by atoms with Gasteiger partial charge < -0.3 is 30.8 Å². The molecule has 0 amide bonds. The topological polar surface area (TPSA) is 144 Å². The van der Waals surface area contributed by atoms with Crippen molar-refractivity contribution in [3.8, 4) is 0 Å². The van der Waals surface area contributed by atoms with E-state index in [2.05, 4.69) is 15.0 Å². The lowest BCUT2D eigenvalue weighted by molar-refractivity contribution is -0.0785. The van der Waals surface area contributed by atoms with E-state index in [9.17, 15) is 5.11 Å². The predicted molar refractivity (Wildman–Crippen MR) is 95.2 cm³/mol. The van der Waals surface area contributed by atoms with Crippen LogP contribution in [0.1, 0.15) is 35.6 Å². The van der Waals surface area contributed by atoms with Crippen molar-refractivity contribution in [2.24, 2.45) is 0 Å². The van der Waals surface area contributed by atoms with Crippen molar-refractivity contribution in [1.82, 2.24) is 19.5 Å². The van der Waals surface area contributed by atoms with Crippen molar-refractivity contribution >= 4 is 22.9 Å². The molecule has 0 aromatic carbocycles. The number of rotatable bonds is 8. The number of ether oxygens (including phenoxy) is 3. The van der Waals surface area contributed by atoms with Gasteiger partial charge in [0.15, 0.2) is 17.7 Å². The van der Waals surface area contributed by atoms with Crippen LogP contribution >= 0.6 is 0 Å². The highest BCUT2D eigenvalue weighted by atomic mass is 16.6. The second kappa shape index (κ2) is 8.12. The Balaban J connectivity index is 1.97. The summed E-state index contributed by atoms with van der Waals surface area (Å²) < 4.78 is 34.8. The molecule has 2 aromatic rings. The molecule has 0 saturated carbocycles. The number of hydrogen-bond donors (Lipinski definition) is 3. The fourth-order valence-corrected chi connectivity index (χ4v) is 3.01. The molecular weight excluding hydrogens is 340 g/mol. The van der Waals surface area contributed by atoms with E-state index in [0.29, 0.717) is 11.2 Å². The number of hydrogen-bond acceptors (Lipinski definition) is 9. The average Bonchev–Trinajstić information content (AvgIpc) is 3.18. The molecule has 0 bridgehead atoms. The molecule has 144 valence electrons. The van der Waals surface area contributed by atoms with Gasteiger partial charge in [0.1, 0.15) is 23.8 Å². The van der Waals surface area contributed by atoms with Gasteiger partial charge in [-0.15, -0.1) is 0 Å². The predicted octanol–water partition coefficient (Wildman–Crippen LogP) is 0.471. The smallest absolute Gasteiger partial charge is 0.224 e. The Kier molecular flexibility index (Phi) is 5.06. The maximum absolute atomic E-state index is 9.78. The summed E-state index contributed by atoms with van der Waals surface area (Å²) in [5, 5.41) is 9.78. The summed E-state index contributed by atoms with van der Waals surface area (Å²) in [4.78, 5) is 12.3. The Morgan fingerprint density at radius 1 is 1.23 bits per heavy atom. The van der Waals surface area contributed by atoms with Crippen LogP contribution in [0.3, 0.4) is 0 Å². The van der Waals surface area contributed by atoms with E-state index in [1.54, 1.807) is 18.4 Å². The zero-order chi connectivity index (χ0) is 20.4. The largest absolute Gasteiger partial charge is 0.394 e. The summed E-state index contributed by atoms with van der Waals surface area (Å²) in [7, 11) is 0. The number of imidazole rings is 1. The van der Waals surface area contributed by atoms with Crippen LogP contribution in [-0.4, -0.2) is 62.8 Å². The molecule has 1 fully saturated rings. The zero-order valence-corrected chi connectivity index (χ0v) is 14.8. The van der Waals surface area contributed by atoms with E-state index in [1.165, 1.54) is 6.33 Å². The van der Waals surface area contributed by atoms with Crippen LogP contribution in [0.5, 0.6) is 0 Å². The molecule has 5 N–H and O–H groups in total. The Morgan fingerprint density at radius 3 is 2.58 bits per heavy atom. The van der Waals surface area contributed by atoms with E-state index >= 15 is 0 Å². The number of nitrogens with two attached hydrogens (primary N) is 2. The van der Waals surface area contributed by atoms with Crippen LogP contribution in [0.25, 0.3) is 11.2 Å². The van der Waals surface area contributed by atoms with Gasteiger partial charge >= 0.3 is 0 Å².